The molecule has 0 saturated carbocycles. The SMILES string of the molecule is N#CCCN(C(=O)COC(=O)c1ccccc1SC(F)F)c1ccc(F)cc1. The van der Waals surface area contributed by atoms with Crippen molar-refractivity contribution < 1.29 is 27.5 Å². The van der Waals surface area contributed by atoms with Gasteiger partial charge in [-0.3, -0.25) is 4.79 Å². The van der Waals surface area contributed by atoms with Gasteiger partial charge in [0.05, 0.1) is 18.1 Å². The molecule has 5 nitrogen and oxygen atoms in total. The molecule has 0 spiro atoms. The van der Waals surface area contributed by atoms with Gasteiger partial charge in [-0.1, -0.05) is 23.9 Å². The van der Waals surface area contributed by atoms with Crippen molar-refractivity contribution in [2.45, 2.75) is 17.1 Å². The number of nitrogens with zero attached hydrogens (tertiary/aromatic N) is 2. The normalized spacial score (nSPS) is 10.4. The van der Waals surface area contributed by atoms with Crippen LogP contribution in [0.4, 0.5) is 18.9 Å². The van der Waals surface area contributed by atoms with Crippen LogP contribution in [-0.2, 0) is 9.53 Å². The van der Waals surface area contributed by atoms with Crippen LogP contribution in [0.2, 0.25) is 0 Å². The van der Waals surface area contributed by atoms with Gasteiger partial charge in [-0.05, 0) is 36.4 Å². The maximum atomic E-state index is 13.1. The van der Waals surface area contributed by atoms with Gasteiger partial charge in [0.25, 0.3) is 11.7 Å². The first-order valence-corrected chi connectivity index (χ1v) is 8.94. The largest absolute Gasteiger partial charge is 0.452 e. The van der Waals surface area contributed by atoms with Crippen LogP contribution in [0, 0.1) is 17.1 Å². The van der Waals surface area contributed by atoms with Gasteiger partial charge in [-0.25, -0.2) is 9.18 Å². The van der Waals surface area contributed by atoms with Gasteiger partial charge in [0.15, 0.2) is 6.61 Å². The molecule has 146 valence electrons. The molecule has 0 atom stereocenters. The standard InChI is InChI=1S/C19H15F3N2O3S/c20-13-6-8-14(9-7-13)24(11-3-10-23)17(25)12-27-18(26)15-4-1-2-5-16(15)28-19(21)22/h1-2,4-9,19H,3,11-12H2. The van der Waals surface area contributed by atoms with Crippen LogP contribution in [0.5, 0.6) is 0 Å². The summed E-state index contributed by atoms with van der Waals surface area (Å²) in [7, 11) is 0. The van der Waals surface area contributed by atoms with E-state index in [2.05, 4.69) is 0 Å². The second-order valence-electron chi connectivity index (χ2n) is 5.38. The van der Waals surface area contributed by atoms with Crippen molar-refractivity contribution in [3.05, 3.63) is 59.9 Å². The molecule has 28 heavy (non-hydrogen) atoms. The van der Waals surface area contributed by atoms with E-state index in [1.807, 2.05) is 6.07 Å². The summed E-state index contributed by atoms with van der Waals surface area (Å²) in [4.78, 5) is 25.9. The minimum absolute atomic E-state index is 0.0188. The molecule has 0 bridgehead atoms. The molecule has 0 unspecified atom stereocenters. The highest BCUT2D eigenvalue weighted by Gasteiger charge is 2.20. The lowest BCUT2D eigenvalue weighted by atomic mass is 10.2. The highest BCUT2D eigenvalue weighted by atomic mass is 32.2. The van der Waals surface area contributed by atoms with Crippen LogP contribution in [0.25, 0.3) is 0 Å². The van der Waals surface area contributed by atoms with Crippen molar-refractivity contribution >= 4 is 29.3 Å². The van der Waals surface area contributed by atoms with Crippen molar-refractivity contribution in [2.75, 3.05) is 18.1 Å². The Morgan fingerprint density at radius 1 is 1.14 bits per heavy atom. The van der Waals surface area contributed by atoms with Gasteiger partial charge in [0.2, 0.25) is 0 Å². The third-order valence-electron chi connectivity index (χ3n) is 3.54. The molecular weight excluding hydrogens is 393 g/mol. The van der Waals surface area contributed by atoms with Gasteiger partial charge in [-0.2, -0.15) is 14.0 Å². The number of ether oxygens (including phenoxy) is 1. The molecule has 0 heterocycles. The predicted molar refractivity (Wildman–Crippen MR) is 97.6 cm³/mol. The molecule has 1 amide bonds. The Labute approximate surface area is 163 Å². The van der Waals surface area contributed by atoms with E-state index < -0.39 is 30.1 Å². The van der Waals surface area contributed by atoms with Crippen LogP contribution in [0.1, 0.15) is 16.8 Å². The molecule has 0 aromatic heterocycles. The minimum Gasteiger partial charge on any atom is -0.452 e. The lowest BCUT2D eigenvalue weighted by Crippen LogP contribution is -2.35. The van der Waals surface area contributed by atoms with E-state index in [0.29, 0.717) is 5.69 Å². The van der Waals surface area contributed by atoms with E-state index >= 15 is 0 Å². The summed E-state index contributed by atoms with van der Waals surface area (Å²) in [5.41, 5.74) is 0.261. The Kier molecular flexibility index (Phi) is 7.89. The molecule has 2 aromatic rings. The monoisotopic (exact) mass is 408 g/mol. The number of anilines is 1. The Balaban J connectivity index is 2.09. The van der Waals surface area contributed by atoms with E-state index in [4.69, 9.17) is 10.00 Å². The first-order valence-electron chi connectivity index (χ1n) is 8.06. The molecule has 2 rings (SSSR count). The van der Waals surface area contributed by atoms with Crippen molar-refractivity contribution in [1.82, 2.24) is 0 Å². The number of carbonyl (C=O) groups is 2. The van der Waals surface area contributed by atoms with Crippen LogP contribution < -0.4 is 4.90 Å². The number of amides is 1. The first kappa shape index (κ1) is 21.3. The Bertz CT molecular complexity index is 869. The van der Waals surface area contributed by atoms with E-state index in [-0.39, 0.29) is 35.2 Å². The molecular formula is C19H15F3N2O3S. The Morgan fingerprint density at radius 2 is 1.82 bits per heavy atom. The van der Waals surface area contributed by atoms with Crippen molar-refractivity contribution in [1.29, 1.82) is 5.26 Å². The smallest absolute Gasteiger partial charge is 0.339 e. The van der Waals surface area contributed by atoms with Crippen LogP contribution >= 0.6 is 11.8 Å². The maximum absolute atomic E-state index is 13.1. The average molecular weight is 408 g/mol. The Hall–Kier alpha value is -2.99. The number of rotatable bonds is 8. The first-order chi connectivity index (χ1) is 13.4. The molecule has 0 radical (unpaired) electrons. The second kappa shape index (κ2) is 10.4. The molecule has 9 heteroatoms. The molecule has 0 aliphatic heterocycles. The summed E-state index contributed by atoms with van der Waals surface area (Å²) in [5.74, 6) is -4.75. The number of nitriles is 1. The van der Waals surface area contributed by atoms with E-state index in [9.17, 15) is 22.8 Å². The Morgan fingerprint density at radius 3 is 2.46 bits per heavy atom. The third-order valence-corrected chi connectivity index (χ3v) is 4.32. The van der Waals surface area contributed by atoms with Crippen LogP contribution in [0.15, 0.2) is 53.4 Å². The third kappa shape index (κ3) is 6.03. The summed E-state index contributed by atoms with van der Waals surface area (Å²) < 4.78 is 43.3. The number of carbonyl (C=O) groups excluding carboxylic acids is 2. The highest BCUT2D eigenvalue weighted by molar-refractivity contribution is 7.99. The van der Waals surface area contributed by atoms with E-state index in [1.54, 1.807) is 0 Å². The minimum atomic E-state index is -2.71. The number of halogens is 3. The highest BCUT2D eigenvalue weighted by Crippen LogP contribution is 2.28. The summed E-state index contributed by atoms with van der Waals surface area (Å²) in [6, 6.07) is 12.6. The summed E-state index contributed by atoms with van der Waals surface area (Å²) >= 11 is 0.202. The predicted octanol–water partition coefficient (Wildman–Crippen LogP) is 4.24. The number of alkyl halides is 2. The van der Waals surface area contributed by atoms with Gasteiger partial charge < -0.3 is 9.64 Å². The summed E-state index contributed by atoms with van der Waals surface area (Å²) in [5, 5.41) is 8.76. The van der Waals surface area contributed by atoms with Crippen LogP contribution in [-0.4, -0.2) is 30.8 Å². The van der Waals surface area contributed by atoms with Gasteiger partial charge in [0.1, 0.15) is 5.82 Å². The van der Waals surface area contributed by atoms with Crippen molar-refractivity contribution in [2.24, 2.45) is 0 Å². The topological polar surface area (TPSA) is 70.4 Å². The second-order valence-corrected chi connectivity index (χ2v) is 6.41. The fourth-order valence-corrected chi connectivity index (χ4v) is 2.93. The van der Waals surface area contributed by atoms with Crippen molar-refractivity contribution in [3.8, 4) is 6.07 Å². The van der Waals surface area contributed by atoms with E-state index in [1.165, 1.54) is 41.3 Å². The average Bonchev–Trinajstić information content (AvgIpc) is 2.67. The van der Waals surface area contributed by atoms with Crippen molar-refractivity contribution in [3.63, 3.8) is 0 Å². The fraction of sp³-hybridized carbons (Fsp3) is 0.211. The maximum Gasteiger partial charge on any atom is 0.339 e. The quantitative estimate of drug-likeness (QED) is 0.483. The summed E-state index contributed by atoms with van der Waals surface area (Å²) in [6.45, 7) is -0.633. The molecule has 0 fully saturated rings. The zero-order chi connectivity index (χ0) is 20.5. The molecule has 2 aromatic carbocycles. The van der Waals surface area contributed by atoms with Gasteiger partial charge in [0, 0.05) is 17.1 Å². The molecule has 0 saturated heterocycles. The molecule has 0 aliphatic rings. The number of thioether (sulfide) groups is 1. The number of hydrogen-bond acceptors (Lipinski definition) is 5. The summed E-state index contributed by atoms with van der Waals surface area (Å²) in [6.07, 6.45) is 0.0188. The number of benzene rings is 2. The molecule has 0 N–H and O–H groups in total. The number of hydrogen-bond donors (Lipinski definition) is 0. The van der Waals surface area contributed by atoms with Gasteiger partial charge >= 0.3 is 5.97 Å². The molecule has 0 aliphatic carbocycles. The van der Waals surface area contributed by atoms with Gasteiger partial charge in [-0.15, -0.1) is 0 Å². The zero-order valence-electron chi connectivity index (χ0n) is 14.5. The van der Waals surface area contributed by atoms with Crippen LogP contribution in [0.3, 0.4) is 0 Å². The zero-order valence-corrected chi connectivity index (χ0v) is 15.3. The lowest BCUT2D eigenvalue weighted by molar-refractivity contribution is -0.121. The number of esters is 1. The van der Waals surface area contributed by atoms with E-state index in [0.717, 1.165) is 12.1 Å². The fourth-order valence-electron chi connectivity index (χ4n) is 2.30. The lowest BCUT2D eigenvalue weighted by Gasteiger charge is -2.21.